The Kier molecular flexibility index (Phi) is 5.77. The van der Waals surface area contributed by atoms with Crippen LogP contribution in [0.2, 0.25) is 10.2 Å². The number of carbonyl (C=O) groups is 2. The topological polar surface area (TPSA) is 68.3 Å². The molecule has 1 aromatic heterocycles. The van der Waals surface area contributed by atoms with Crippen molar-refractivity contribution in [2.24, 2.45) is 0 Å². The van der Waals surface area contributed by atoms with Gasteiger partial charge in [0.2, 0.25) is 0 Å². The van der Waals surface area contributed by atoms with Crippen molar-refractivity contribution in [3.05, 3.63) is 28.0 Å². The van der Waals surface area contributed by atoms with E-state index >= 15 is 0 Å². The molecule has 0 aromatic carbocycles. The molecule has 0 aliphatic carbocycles. The van der Waals surface area contributed by atoms with Crippen LogP contribution in [0, 0.1) is 0 Å². The first-order chi connectivity index (χ1) is 9.25. The Morgan fingerprint density at radius 3 is 2.60 bits per heavy atom. The summed E-state index contributed by atoms with van der Waals surface area (Å²) in [4.78, 5) is 27.1. The molecular weight excluding hydrogens is 303 g/mol. The smallest absolute Gasteiger partial charge is 0.340 e. The van der Waals surface area contributed by atoms with E-state index in [1.807, 2.05) is 20.8 Å². The van der Waals surface area contributed by atoms with Gasteiger partial charge >= 0.3 is 5.97 Å². The molecule has 7 heteroatoms. The summed E-state index contributed by atoms with van der Waals surface area (Å²) in [6.45, 7) is 5.36. The number of rotatable bonds is 5. The molecule has 1 heterocycles. The number of ether oxygens (including phenoxy) is 1. The number of aromatic nitrogens is 1. The zero-order valence-electron chi connectivity index (χ0n) is 11.5. The van der Waals surface area contributed by atoms with Crippen molar-refractivity contribution in [1.29, 1.82) is 0 Å². The van der Waals surface area contributed by atoms with E-state index in [1.54, 1.807) is 0 Å². The van der Waals surface area contributed by atoms with Crippen LogP contribution < -0.4 is 5.32 Å². The highest BCUT2D eigenvalue weighted by molar-refractivity contribution is 6.41. The summed E-state index contributed by atoms with van der Waals surface area (Å²) in [6.07, 6.45) is 2.01. The van der Waals surface area contributed by atoms with Crippen LogP contribution >= 0.6 is 23.2 Å². The van der Waals surface area contributed by atoms with E-state index in [0.29, 0.717) is 0 Å². The fourth-order valence-corrected chi connectivity index (χ4v) is 1.52. The highest BCUT2D eigenvalue weighted by atomic mass is 35.5. The number of carbonyl (C=O) groups excluding carboxylic acids is 2. The van der Waals surface area contributed by atoms with Gasteiger partial charge in [-0.15, -0.1) is 0 Å². The number of hydrogen-bond donors (Lipinski definition) is 1. The van der Waals surface area contributed by atoms with E-state index in [9.17, 15) is 9.59 Å². The van der Waals surface area contributed by atoms with Gasteiger partial charge in [0, 0.05) is 11.7 Å². The minimum atomic E-state index is -0.680. The number of nitrogens with zero attached hydrogens (tertiary/aromatic N) is 1. The van der Waals surface area contributed by atoms with Crippen molar-refractivity contribution in [1.82, 2.24) is 10.3 Å². The quantitative estimate of drug-likeness (QED) is 0.669. The lowest BCUT2D eigenvalue weighted by molar-refractivity contribution is -0.125. The van der Waals surface area contributed by atoms with Crippen molar-refractivity contribution in [3.8, 4) is 0 Å². The lowest BCUT2D eigenvalue weighted by atomic mass is 10.0. The van der Waals surface area contributed by atoms with E-state index < -0.39 is 5.97 Å². The number of esters is 1. The number of nitrogens with one attached hydrogen (secondary N) is 1. The van der Waals surface area contributed by atoms with E-state index in [1.165, 1.54) is 12.3 Å². The first-order valence-corrected chi connectivity index (χ1v) is 6.80. The van der Waals surface area contributed by atoms with Crippen molar-refractivity contribution >= 4 is 35.1 Å². The molecular formula is C13H16Cl2N2O3. The van der Waals surface area contributed by atoms with E-state index in [4.69, 9.17) is 27.9 Å². The van der Waals surface area contributed by atoms with E-state index in [-0.39, 0.29) is 33.8 Å². The number of hydrogen-bond acceptors (Lipinski definition) is 4. The van der Waals surface area contributed by atoms with Crippen LogP contribution in [-0.4, -0.2) is 29.0 Å². The lowest BCUT2D eigenvalue weighted by Gasteiger charge is -2.24. The van der Waals surface area contributed by atoms with Crippen molar-refractivity contribution in [2.45, 2.75) is 32.7 Å². The van der Waals surface area contributed by atoms with Gasteiger partial charge in [-0.3, -0.25) is 4.79 Å². The molecule has 0 fully saturated rings. The van der Waals surface area contributed by atoms with Crippen LogP contribution in [0.25, 0.3) is 0 Å². The fourth-order valence-electron chi connectivity index (χ4n) is 1.25. The molecule has 0 spiro atoms. The molecule has 0 aliphatic rings. The summed E-state index contributed by atoms with van der Waals surface area (Å²) in [5.74, 6) is -1.04. The SMILES string of the molecule is CCC(C)(C)NC(=O)COC(=O)c1cnc(Cl)c(Cl)c1. The van der Waals surface area contributed by atoms with Gasteiger partial charge < -0.3 is 10.1 Å². The number of amides is 1. The van der Waals surface area contributed by atoms with Gasteiger partial charge in [-0.1, -0.05) is 30.1 Å². The van der Waals surface area contributed by atoms with Gasteiger partial charge in [0.15, 0.2) is 6.61 Å². The Hall–Kier alpha value is -1.33. The summed E-state index contributed by atoms with van der Waals surface area (Å²) in [5.41, 5.74) is -0.198. The molecule has 20 heavy (non-hydrogen) atoms. The maximum absolute atomic E-state index is 11.7. The second-order valence-corrected chi connectivity index (χ2v) is 5.62. The van der Waals surface area contributed by atoms with Gasteiger partial charge in [-0.2, -0.15) is 0 Å². The molecule has 1 aromatic rings. The van der Waals surface area contributed by atoms with Crippen LogP contribution in [0.1, 0.15) is 37.6 Å². The lowest BCUT2D eigenvalue weighted by Crippen LogP contribution is -2.44. The van der Waals surface area contributed by atoms with Crippen molar-refractivity contribution in [3.63, 3.8) is 0 Å². The van der Waals surface area contributed by atoms with Gasteiger partial charge in [-0.05, 0) is 26.3 Å². The van der Waals surface area contributed by atoms with Gasteiger partial charge in [-0.25, -0.2) is 9.78 Å². The molecule has 5 nitrogen and oxygen atoms in total. The zero-order chi connectivity index (χ0) is 15.3. The predicted molar refractivity (Wildman–Crippen MR) is 77.1 cm³/mol. The predicted octanol–water partition coefficient (Wildman–Crippen LogP) is 2.85. The zero-order valence-corrected chi connectivity index (χ0v) is 13.0. The molecule has 110 valence electrons. The third-order valence-corrected chi connectivity index (χ3v) is 3.41. The Bertz CT molecular complexity index is 518. The van der Waals surface area contributed by atoms with Crippen molar-refractivity contribution in [2.75, 3.05) is 6.61 Å². The van der Waals surface area contributed by atoms with Crippen LogP contribution in [0.15, 0.2) is 12.3 Å². The molecule has 0 atom stereocenters. The van der Waals surface area contributed by atoms with Gasteiger partial charge in [0.1, 0.15) is 5.15 Å². The van der Waals surface area contributed by atoms with Crippen LogP contribution in [-0.2, 0) is 9.53 Å². The summed E-state index contributed by atoms with van der Waals surface area (Å²) in [6, 6.07) is 1.34. The van der Waals surface area contributed by atoms with Crippen molar-refractivity contribution < 1.29 is 14.3 Å². The average Bonchev–Trinajstić information content (AvgIpc) is 2.38. The van der Waals surface area contributed by atoms with Crippen LogP contribution in [0.4, 0.5) is 0 Å². The summed E-state index contributed by atoms with van der Waals surface area (Å²) >= 11 is 11.4. The first kappa shape index (κ1) is 16.7. The molecule has 0 bridgehead atoms. The summed E-state index contributed by atoms with van der Waals surface area (Å²) in [7, 11) is 0. The molecule has 0 aliphatic heterocycles. The standard InChI is InChI=1S/C13H16Cl2N2O3/c1-4-13(2,3)17-10(18)7-20-12(19)8-5-9(14)11(15)16-6-8/h5-6H,4,7H2,1-3H3,(H,17,18). The number of halogens is 2. The number of pyridine rings is 1. The monoisotopic (exact) mass is 318 g/mol. The Balaban J connectivity index is 2.55. The molecule has 0 saturated carbocycles. The molecule has 1 N–H and O–H groups in total. The normalized spacial score (nSPS) is 11.1. The highest BCUT2D eigenvalue weighted by Crippen LogP contribution is 2.20. The van der Waals surface area contributed by atoms with E-state index in [2.05, 4.69) is 10.3 Å². The molecule has 0 saturated heterocycles. The second kappa shape index (κ2) is 6.90. The largest absolute Gasteiger partial charge is 0.452 e. The molecule has 1 rings (SSSR count). The minimum Gasteiger partial charge on any atom is -0.452 e. The second-order valence-electron chi connectivity index (χ2n) is 4.86. The Labute approximate surface area is 127 Å². The fraction of sp³-hybridized carbons (Fsp3) is 0.462. The minimum absolute atomic E-state index is 0.102. The molecule has 0 unspecified atom stereocenters. The van der Waals surface area contributed by atoms with Gasteiger partial charge in [0.05, 0.1) is 10.6 Å². The van der Waals surface area contributed by atoms with Crippen LogP contribution in [0.5, 0.6) is 0 Å². The maximum Gasteiger partial charge on any atom is 0.340 e. The van der Waals surface area contributed by atoms with E-state index in [0.717, 1.165) is 6.42 Å². The highest BCUT2D eigenvalue weighted by Gasteiger charge is 2.19. The summed E-state index contributed by atoms with van der Waals surface area (Å²) in [5, 5.41) is 3.01. The van der Waals surface area contributed by atoms with Gasteiger partial charge in [0.25, 0.3) is 5.91 Å². The first-order valence-electron chi connectivity index (χ1n) is 6.04. The summed E-state index contributed by atoms with van der Waals surface area (Å²) < 4.78 is 4.88. The molecule has 1 amide bonds. The third kappa shape index (κ3) is 4.98. The van der Waals surface area contributed by atoms with Crippen LogP contribution in [0.3, 0.4) is 0 Å². The Morgan fingerprint density at radius 1 is 1.40 bits per heavy atom. The maximum atomic E-state index is 11.7. The average molecular weight is 319 g/mol. The third-order valence-electron chi connectivity index (χ3n) is 2.73. The molecule has 0 radical (unpaired) electrons. The Morgan fingerprint density at radius 2 is 2.05 bits per heavy atom.